The Kier molecular flexibility index (Phi) is 4.35. The van der Waals surface area contributed by atoms with Crippen molar-refractivity contribution in [3.63, 3.8) is 0 Å². The predicted molar refractivity (Wildman–Crippen MR) is 83.8 cm³/mol. The van der Waals surface area contributed by atoms with E-state index in [2.05, 4.69) is 5.10 Å². The van der Waals surface area contributed by atoms with Crippen molar-refractivity contribution in [2.75, 3.05) is 23.7 Å². The van der Waals surface area contributed by atoms with Gasteiger partial charge in [0.05, 0.1) is 22.4 Å². The van der Waals surface area contributed by atoms with Crippen LogP contribution in [0.15, 0.2) is 11.0 Å². The summed E-state index contributed by atoms with van der Waals surface area (Å²) < 4.78 is 25.2. The van der Waals surface area contributed by atoms with Gasteiger partial charge in [-0.1, -0.05) is 25.4 Å². The van der Waals surface area contributed by atoms with Crippen LogP contribution in [-0.4, -0.2) is 41.8 Å². The normalized spacial score (nSPS) is 20.5. The van der Waals surface area contributed by atoms with Gasteiger partial charge in [0.2, 0.25) is 0 Å². The molecule has 1 aliphatic heterocycles. The van der Waals surface area contributed by atoms with E-state index in [-0.39, 0.29) is 16.3 Å². The maximum Gasteiger partial charge on any atom is 0.287 e. The van der Waals surface area contributed by atoms with Gasteiger partial charge in [0, 0.05) is 20.1 Å². The molecule has 1 aliphatic rings. The molecular weight excluding hydrogens is 314 g/mol. The first kappa shape index (κ1) is 16.3. The van der Waals surface area contributed by atoms with Gasteiger partial charge < -0.3 is 4.90 Å². The highest BCUT2D eigenvalue weighted by atomic mass is 35.5. The third kappa shape index (κ3) is 2.57. The smallest absolute Gasteiger partial charge is 0.287 e. The van der Waals surface area contributed by atoms with Gasteiger partial charge in [0.1, 0.15) is 5.02 Å². The minimum Gasteiger partial charge on any atom is -0.366 e. The van der Waals surface area contributed by atoms with Gasteiger partial charge >= 0.3 is 0 Å². The number of halogens is 1. The summed E-state index contributed by atoms with van der Waals surface area (Å²) in [5.41, 5.74) is 0.141. The van der Waals surface area contributed by atoms with Crippen LogP contribution in [0.2, 0.25) is 5.02 Å². The Bertz CT molecular complexity index is 695. The Morgan fingerprint density at radius 3 is 2.57 bits per heavy atom. The van der Waals surface area contributed by atoms with Crippen LogP contribution in [0.5, 0.6) is 0 Å². The van der Waals surface area contributed by atoms with E-state index in [9.17, 15) is 13.2 Å². The highest BCUT2D eigenvalue weighted by Gasteiger charge is 2.45. The molecule has 0 aromatic carbocycles. The lowest BCUT2D eigenvalue weighted by Crippen LogP contribution is -2.56. The molecule has 6 nitrogen and oxygen atoms in total. The van der Waals surface area contributed by atoms with E-state index in [1.54, 1.807) is 0 Å². The fourth-order valence-electron chi connectivity index (χ4n) is 2.81. The van der Waals surface area contributed by atoms with Crippen molar-refractivity contribution in [2.24, 2.45) is 7.05 Å². The van der Waals surface area contributed by atoms with Crippen molar-refractivity contribution in [1.29, 1.82) is 0 Å². The standard InChI is InChI=1S/C13H20ClN3O3S/c1-4-13(5-2)9-17(6-7-21(13,19)20)10-8-15-16(3)12(18)11(10)14/h8H,4-7,9H2,1-3H3. The van der Waals surface area contributed by atoms with E-state index >= 15 is 0 Å². The zero-order chi connectivity index (χ0) is 15.8. The molecule has 1 saturated heterocycles. The number of aromatic nitrogens is 2. The fraction of sp³-hybridized carbons (Fsp3) is 0.692. The number of aryl methyl sites for hydroxylation is 1. The monoisotopic (exact) mass is 333 g/mol. The Balaban J connectivity index is 2.45. The van der Waals surface area contributed by atoms with Crippen molar-refractivity contribution in [1.82, 2.24) is 9.78 Å². The number of hydrogen-bond donors (Lipinski definition) is 0. The molecule has 2 heterocycles. The topological polar surface area (TPSA) is 72.3 Å². The minimum absolute atomic E-state index is 0.0697. The molecule has 2 rings (SSSR count). The van der Waals surface area contributed by atoms with Crippen molar-refractivity contribution < 1.29 is 8.42 Å². The molecule has 0 bridgehead atoms. The summed E-state index contributed by atoms with van der Waals surface area (Å²) in [7, 11) is -1.62. The zero-order valence-corrected chi connectivity index (χ0v) is 14.0. The molecule has 118 valence electrons. The Labute approximate surface area is 129 Å². The summed E-state index contributed by atoms with van der Waals surface area (Å²) in [6.45, 7) is 4.44. The Hall–Kier alpha value is -1.08. The zero-order valence-electron chi connectivity index (χ0n) is 12.5. The number of anilines is 1. The molecule has 21 heavy (non-hydrogen) atoms. The molecule has 0 spiro atoms. The highest BCUT2D eigenvalue weighted by Crippen LogP contribution is 2.34. The number of sulfone groups is 1. The molecule has 0 aliphatic carbocycles. The molecule has 0 atom stereocenters. The van der Waals surface area contributed by atoms with E-state index in [0.29, 0.717) is 31.6 Å². The first-order valence-corrected chi connectivity index (χ1v) is 9.00. The molecule has 8 heteroatoms. The van der Waals surface area contributed by atoms with Crippen LogP contribution in [-0.2, 0) is 16.9 Å². The fourth-order valence-corrected chi connectivity index (χ4v) is 5.23. The van der Waals surface area contributed by atoms with E-state index in [1.165, 1.54) is 17.9 Å². The summed E-state index contributed by atoms with van der Waals surface area (Å²) in [5, 5.41) is 4.07. The largest absolute Gasteiger partial charge is 0.366 e. The highest BCUT2D eigenvalue weighted by molar-refractivity contribution is 7.92. The average molecular weight is 334 g/mol. The lowest BCUT2D eigenvalue weighted by molar-refractivity contribution is 0.458. The van der Waals surface area contributed by atoms with Crippen LogP contribution in [0.3, 0.4) is 0 Å². The molecule has 0 amide bonds. The van der Waals surface area contributed by atoms with Gasteiger partial charge in [-0.2, -0.15) is 5.10 Å². The van der Waals surface area contributed by atoms with Crippen LogP contribution in [0.25, 0.3) is 0 Å². The van der Waals surface area contributed by atoms with E-state index in [4.69, 9.17) is 11.6 Å². The van der Waals surface area contributed by atoms with Gasteiger partial charge in [-0.3, -0.25) is 4.79 Å². The van der Waals surface area contributed by atoms with Crippen LogP contribution in [0, 0.1) is 0 Å². The molecule has 1 fully saturated rings. The molecule has 0 N–H and O–H groups in total. The van der Waals surface area contributed by atoms with Gasteiger partial charge in [-0.15, -0.1) is 0 Å². The summed E-state index contributed by atoms with van der Waals surface area (Å²) >= 11 is 6.12. The van der Waals surface area contributed by atoms with Crippen LogP contribution in [0.1, 0.15) is 26.7 Å². The molecule has 1 aromatic heterocycles. The maximum absolute atomic E-state index is 12.4. The van der Waals surface area contributed by atoms with E-state index in [0.717, 1.165) is 0 Å². The SMILES string of the molecule is CCC1(CC)CN(c2cnn(C)c(=O)c2Cl)CCS1(=O)=O. The summed E-state index contributed by atoms with van der Waals surface area (Å²) in [6.07, 6.45) is 2.61. The molecule has 0 saturated carbocycles. The van der Waals surface area contributed by atoms with Crippen LogP contribution < -0.4 is 10.5 Å². The van der Waals surface area contributed by atoms with Crippen molar-refractivity contribution in [3.05, 3.63) is 21.6 Å². The Morgan fingerprint density at radius 2 is 2.00 bits per heavy atom. The van der Waals surface area contributed by atoms with E-state index < -0.39 is 14.6 Å². The van der Waals surface area contributed by atoms with Gasteiger partial charge in [-0.25, -0.2) is 13.1 Å². The number of rotatable bonds is 3. The first-order valence-electron chi connectivity index (χ1n) is 6.97. The van der Waals surface area contributed by atoms with E-state index in [1.807, 2.05) is 18.7 Å². The van der Waals surface area contributed by atoms with Crippen molar-refractivity contribution >= 4 is 27.1 Å². The third-order valence-electron chi connectivity index (χ3n) is 4.46. The van der Waals surface area contributed by atoms with Gasteiger partial charge in [0.25, 0.3) is 5.56 Å². The number of nitrogens with zero attached hydrogens (tertiary/aromatic N) is 3. The van der Waals surface area contributed by atoms with Gasteiger partial charge in [-0.05, 0) is 12.8 Å². The quantitative estimate of drug-likeness (QED) is 0.831. The lowest BCUT2D eigenvalue weighted by atomic mass is 10.0. The Morgan fingerprint density at radius 1 is 1.38 bits per heavy atom. The second-order valence-electron chi connectivity index (χ2n) is 5.40. The second-order valence-corrected chi connectivity index (χ2v) is 8.28. The first-order chi connectivity index (χ1) is 9.78. The summed E-state index contributed by atoms with van der Waals surface area (Å²) in [5.74, 6) is 0.0697. The summed E-state index contributed by atoms with van der Waals surface area (Å²) in [4.78, 5) is 13.7. The van der Waals surface area contributed by atoms with Crippen LogP contribution >= 0.6 is 11.6 Å². The second kappa shape index (κ2) is 5.61. The molecule has 0 unspecified atom stereocenters. The van der Waals surface area contributed by atoms with Crippen LogP contribution in [0.4, 0.5) is 5.69 Å². The van der Waals surface area contributed by atoms with Crippen molar-refractivity contribution in [2.45, 2.75) is 31.4 Å². The summed E-state index contributed by atoms with van der Waals surface area (Å²) in [6, 6.07) is 0. The number of hydrogen-bond acceptors (Lipinski definition) is 5. The molecular formula is C13H20ClN3O3S. The molecule has 1 aromatic rings. The van der Waals surface area contributed by atoms with Gasteiger partial charge in [0.15, 0.2) is 9.84 Å². The maximum atomic E-state index is 12.4. The average Bonchev–Trinajstić information content (AvgIpc) is 2.46. The lowest BCUT2D eigenvalue weighted by Gasteiger charge is -2.42. The minimum atomic E-state index is -3.15. The predicted octanol–water partition coefficient (Wildman–Crippen LogP) is 1.23. The third-order valence-corrected chi connectivity index (χ3v) is 7.56. The van der Waals surface area contributed by atoms with Crippen molar-refractivity contribution in [3.8, 4) is 0 Å². The molecule has 0 radical (unpaired) electrons.